The van der Waals surface area contributed by atoms with Crippen LogP contribution in [0.1, 0.15) is 22.4 Å². The highest BCUT2D eigenvalue weighted by Gasteiger charge is 2.14. The Balaban J connectivity index is 1.66. The highest BCUT2D eigenvalue weighted by molar-refractivity contribution is 7.09. The monoisotopic (exact) mass is 340 g/mol. The van der Waals surface area contributed by atoms with Gasteiger partial charge in [-0.2, -0.15) is 0 Å². The van der Waals surface area contributed by atoms with Gasteiger partial charge < -0.3 is 10.1 Å². The van der Waals surface area contributed by atoms with Crippen LogP contribution in [0, 0.1) is 0 Å². The first kappa shape index (κ1) is 16.1. The molecule has 6 nitrogen and oxygen atoms in total. The SMILES string of the molecule is CCOc1cccnc1C(=O)NCc1nc(-c2ccncc2)cs1. The summed E-state index contributed by atoms with van der Waals surface area (Å²) in [7, 11) is 0. The van der Waals surface area contributed by atoms with E-state index in [1.807, 2.05) is 24.4 Å². The lowest BCUT2D eigenvalue weighted by molar-refractivity contribution is 0.0941. The van der Waals surface area contributed by atoms with Crippen LogP contribution >= 0.6 is 11.3 Å². The van der Waals surface area contributed by atoms with Crippen LogP contribution in [0.4, 0.5) is 0 Å². The molecule has 0 fully saturated rings. The fraction of sp³-hybridized carbons (Fsp3) is 0.176. The van der Waals surface area contributed by atoms with Crippen molar-refractivity contribution in [2.75, 3.05) is 6.61 Å². The molecule has 0 radical (unpaired) electrons. The fourth-order valence-electron chi connectivity index (χ4n) is 2.12. The third kappa shape index (κ3) is 3.75. The van der Waals surface area contributed by atoms with Gasteiger partial charge >= 0.3 is 0 Å². The van der Waals surface area contributed by atoms with Crippen LogP contribution in [-0.2, 0) is 6.54 Å². The van der Waals surface area contributed by atoms with E-state index in [2.05, 4.69) is 20.3 Å². The quantitative estimate of drug-likeness (QED) is 0.746. The number of rotatable bonds is 6. The number of carbonyl (C=O) groups excluding carboxylic acids is 1. The van der Waals surface area contributed by atoms with Gasteiger partial charge in [-0.1, -0.05) is 0 Å². The second-order valence-corrected chi connectivity index (χ2v) is 5.77. The standard InChI is InChI=1S/C17H16N4O2S/c1-2-23-14-4-3-7-19-16(14)17(22)20-10-15-21-13(11-24-15)12-5-8-18-9-6-12/h3-9,11H,2,10H2,1H3,(H,20,22). The molecule has 0 aromatic carbocycles. The Morgan fingerprint density at radius 1 is 1.25 bits per heavy atom. The number of carbonyl (C=O) groups is 1. The molecule has 0 atom stereocenters. The van der Waals surface area contributed by atoms with Crippen LogP contribution < -0.4 is 10.1 Å². The van der Waals surface area contributed by atoms with Gasteiger partial charge in [-0.15, -0.1) is 11.3 Å². The first-order chi connectivity index (χ1) is 11.8. The van der Waals surface area contributed by atoms with Crippen molar-refractivity contribution in [3.05, 3.63) is 58.9 Å². The van der Waals surface area contributed by atoms with Gasteiger partial charge in [-0.3, -0.25) is 9.78 Å². The Bertz CT molecular complexity index is 820. The first-order valence-electron chi connectivity index (χ1n) is 7.48. The molecule has 0 aliphatic rings. The Labute approximate surface area is 143 Å². The highest BCUT2D eigenvalue weighted by atomic mass is 32.1. The summed E-state index contributed by atoms with van der Waals surface area (Å²) in [6, 6.07) is 7.28. The van der Waals surface area contributed by atoms with E-state index in [0.29, 0.717) is 18.9 Å². The maximum atomic E-state index is 12.3. The molecule has 0 saturated heterocycles. The molecule has 1 amide bonds. The molecule has 3 heterocycles. The summed E-state index contributed by atoms with van der Waals surface area (Å²) in [4.78, 5) is 24.9. The van der Waals surface area contributed by atoms with Crippen molar-refractivity contribution in [3.63, 3.8) is 0 Å². The van der Waals surface area contributed by atoms with Crippen molar-refractivity contribution in [1.29, 1.82) is 0 Å². The van der Waals surface area contributed by atoms with Gasteiger partial charge in [-0.25, -0.2) is 9.97 Å². The maximum Gasteiger partial charge on any atom is 0.274 e. The molecule has 122 valence electrons. The minimum Gasteiger partial charge on any atom is -0.491 e. The van der Waals surface area contributed by atoms with Crippen LogP contribution in [0.5, 0.6) is 5.75 Å². The molecule has 0 aliphatic carbocycles. The number of hydrogen-bond donors (Lipinski definition) is 1. The lowest BCUT2D eigenvalue weighted by atomic mass is 10.2. The van der Waals surface area contributed by atoms with Crippen molar-refractivity contribution in [2.45, 2.75) is 13.5 Å². The molecule has 0 saturated carbocycles. The number of hydrogen-bond acceptors (Lipinski definition) is 6. The third-order valence-corrected chi connectivity index (χ3v) is 4.06. The second-order valence-electron chi connectivity index (χ2n) is 4.83. The zero-order chi connectivity index (χ0) is 16.8. The van der Waals surface area contributed by atoms with Crippen molar-refractivity contribution in [2.24, 2.45) is 0 Å². The lowest BCUT2D eigenvalue weighted by Gasteiger charge is -2.08. The van der Waals surface area contributed by atoms with Gasteiger partial charge in [0, 0.05) is 29.5 Å². The molecular formula is C17H16N4O2S. The Kier molecular flexibility index (Phi) is 5.12. The van der Waals surface area contributed by atoms with E-state index < -0.39 is 0 Å². The molecule has 0 bridgehead atoms. The Morgan fingerprint density at radius 2 is 2.08 bits per heavy atom. The van der Waals surface area contributed by atoms with E-state index in [9.17, 15) is 4.79 Å². The van der Waals surface area contributed by atoms with Crippen LogP contribution in [0.25, 0.3) is 11.3 Å². The van der Waals surface area contributed by atoms with E-state index in [4.69, 9.17) is 4.74 Å². The van der Waals surface area contributed by atoms with Gasteiger partial charge in [0.05, 0.1) is 18.8 Å². The fourth-order valence-corrected chi connectivity index (χ4v) is 2.86. The van der Waals surface area contributed by atoms with E-state index in [-0.39, 0.29) is 11.6 Å². The van der Waals surface area contributed by atoms with Crippen molar-refractivity contribution >= 4 is 17.2 Å². The van der Waals surface area contributed by atoms with Gasteiger partial charge in [0.1, 0.15) is 5.01 Å². The number of pyridine rings is 2. The summed E-state index contributed by atoms with van der Waals surface area (Å²) in [6.45, 7) is 2.69. The minimum atomic E-state index is -0.278. The summed E-state index contributed by atoms with van der Waals surface area (Å²) >= 11 is 1.50. The molecular weight excluding hydrogens is 324 g/mol. The zero-order valence-corrected chi connectivity index (χ0v) is 13.9. The van der Waals surface area contributed by atoms with Gasteiger partial charge in [-0.05, 0) is 31.2 Å². The average molecular weight is 340 g/mol. The van der Waals surface area contributed by atoms with Crippen molar-refractivity contribution in [3.8, 4) is 17.0 Å². The van der Waals surface area contributed by atoms with Gasteiger partial charge in [0.2, 0.25) is 0 Å². The van der Waals surface area contributed by atoms with E-state index in [1.54, 1.807) is 30.7 Å². The molecule has 3 rings (SSSR count). The summed E-state index contributed by atoms with van der Waals surface area (Å²) in [5.41, 5.74) is 2.16. The number of nitrogens with zero attached hydrogens (tertiary/aromatic N) is 3. The largest absolute Gasteiger partial charge is 0.491 e. The molecule has 0 spiro atoms. The van der Waals surface area contributed by atoms with Crippen LogP contribution in [0.15, 0.2) is 48.2 Å². The molecule has 1 N–H and O–H groups in total. The number of ether oxygens (including phenoxy) is 1. The predicted octanol–water partition coefficient (Wildman–Crippen LogP) is 2.93. The van der Waals surface area contributed by atoms with Crippen molar-refractivity contribution in [1.82, 2.24) is 20.3 Å². The summed E-state index contributed by atoms with van der Waals surface area (Å²) in [6.07, 6.45) is 5.03. The van der Waals surface area contributed by atoms with Gasteiger partial charge in [0.25, 0.3) is 5.91 Å². The third-order valence-electron chi connectivity index (χ3n) is 3.21. The molecule has 24 heavy (non-hydrogen) atoms. The molecule has 3 aromatic heterocycles. The summed E-state index contributed by atoms with van der Waals surface area (Å²) in [5.74, 6) is 0.203. The van der Waals surface area contributed by atoms with Gasteiger partial charge in [0.15, 0.2) is 11.4 Å². The zero-order valence-electron chi connectivity index (χ0n) is 13.1. The average Bonchev–Trinajstić information content (AvgIpc) is 3.10. The number of amides is 1. The maximum absolute atomic E-state index is 12.3. The molecule has 7 heteroatoms. The first-order valence-corrected chi connectivity index (χ1v) is 8.36. The van der Waals surface area contributed by atoms with Crippen LogP contribution in [0.2, 0.25) is 0 Å². The summed E-state index contributed by atoms with van der Waals surface area (Å²) < 4.78 is 5.43. The number of thiazole rings is 1. The Hall–Kier alpha value is -2.80. The smallest absolute Gasteiger partial charge is 0.274 e. The normalized spacial score (nSPS) is 10.4. The van der Waals surface area contributed by atoms with Crippen LogP contribution in [-0.4, -0.2) is 27.5 Å². The minimum absolute atomic E-state index is 0.278. The summed E-state index contributed by atoms with van der Waals surface area (Å²) in [5, 5.41) is 5.62. The highest BCUT2D eigenvalue weighted by Crippen LogP contribution is 2.21. The van der Waals surface area contributed by atoms with Crippen molar-refractivity contribution < 1.29 is 9.53 Å². The lowest BCUT2D eigenvalue weighted by Crippen LogP contribution is -2.24. The molecule has 0 aliphatic heterocycles. The Morgan fingerprint density at radius 3 is 2.88 bits per heavy atom. The number of aromatic nitrogens is 3. The number of nitrogens with one attached hydrogen (secondary N) is 1. The van der Waals surface area contributed by atoms with Crippen LogP contribution in [0.3, 0.4) is 0 Å². The topological polar surface area (TPSA) is 77.0 Å². The second kappa shape index (κ2) is 7.65. The van der Waals surface area contributed by atoms with E-state index >= 15 is 0 Å². The van der Waals surface area contributed by atoms with E-state index in [0.717, 1.165) is 16.3 Å². The van der Waals surface area contributed by atoms with E-state index in [1.165, 1.54) is 11.3 Å². The molecule has 0 unspecified atom stereocenters. The molecule has 3 aromatic rings. The predicted molar refractivity (Wildman–Crippen MR) is 91.9 cm³/mol.